The Morgan fingerprint density at radius 2 is 1.82 bits per heavy atom. The maximum atomic E-state index is 12.2. The van der Waals surface area contributed by atoms with Gasteiger partial charge < -0.3 is 10.1 Å². The molecule has 1 amide bonds. The molecule has 2 aromatic carbocycles. The molecule has 0 aliphatic carbocycles. The first kappa shape index (κ1) is 13.7. The molecule has 22 heavy (non-hydrogen) atoms. The summed E-state index contributed by atoms with van der Waals surface area (Å²) in [6.07, 6.45) is 0. The average Bonchev–Trinajstić information content (AvgIpc) is 3.10. The van der Waals surface area contributed by atoms with E-state index in [-0.39, 0.29) is 5.91 Å². The number of nitrogens with zero attached hydrogens (tertiary/aromatic N) is 3. The number of carbonyl (C=O) groups excluding carboxylic acids is 1. The van der Waals surface area contributed by atoms with Gasteiger partial charge in [0.2, 0.25) is 5.82 Å². The van der Waals surface area contributed by atoms with Crippen molar-refractivity contribution in [3.05, 3.63) is 54.1 Å². The van der Waals surface area contributed by atoms with Crippen LogP contribution in [0.1, 0.15) is 10.4 Å². The van der Waals surface area contributed by atoms with Gasteiger partial charge >= 0.3 is 0 Å². The number of methoxy groups -OCH3 is 1. The Morgan fingerprint density at radius 1 is 1.09 bits per heavy atom. The number of tetrazole rings is 1. The van der Waals surface area contributed by atoms with Crippen LogP contribution < -0.4 is 10.1 Å². The highest BCUT2D eigenvalue weighted by Crippen LogP contribution is 2.17. The standard InChI is InChI=1S/C15H13N5O2/c1-22-13-8-6-12(7-9-13)16-15(21)11-4-2-10(3-5-11)14-17-19-20-18-14/h2-9H,1H3,(H,16,21)(H,17,18,19,20). The molecule has 0 saturated carbocycles. The van der Waals surface area contributed by atoms with Gasteiger partial charge in [-0.25, -0.2) is 0 Å². The number of aromatic nitrogens is 4. The first-order chi connectivity index (χ1) is 10.8. The number of hydrogen-bond acceptors (Lipinski definition) is 5. The highest BCUT2D eigenvalue weighted by atomic mass is 16.5. The molecule has 0 atom stereocenters. The van der Waals surface area contributed by atoms with Crippen molar-refractivity contribution in [1.82, 2.24) is 20.6 Å². The van der Waals surface area contributed by atoms with Crippen molar-refractivity contribution in [3.8, 4) is 17.1 Å². The van der Waals surface area contributed by atoms with Crippen molar-refractivity contribution in [3.63, 3.8) is 0 Å². The van der Waals surface area contributed by atoms with E-state index >= 15 is 0 Å². The van der Waals surface area contributed by atoms with Crippen LogP contribution in [0.25, 0.3) is 11.4 Å². The van der Waals surface area contributed by atoms with E-state index in [0.717, 1.165) is 11.3 Å². The Balaban J connectivity index is 1.71. The number of aromatic amines is 1. The molecular formula is C15H13N5O2. The van der Waals surface area contributed by atoms with Crippen molar-refractivity contribution in [2.45, 2.75) is 0 Å². The quantitative estimate of drug-likeness (QED) is 0.769. The van der Waals surface area contributed by atoms with Crippen LogP contribution in [0.3, 0.4) is 0 Å². The van der Waals surface area contributed by atoms with Gasteiger partial charge in [0.15, 0.2) is 0 Å². The molecule has 0 fully saturated rings. The van der Waals surface area contributed by atoms with Crippen LogP contribution in [0.2, 0.25) is 0 Å². The molecule has 0 radical (unpaired) electrons. The van der Waals surface area contributed by atoms with Gasteiger partial charge in [0, 0.05) is 16.8 Å². The number of anilines is 1. The summed E-state index contributed by atoms with van der Waals surface area (Å²) in [5.41, 5.74) is 2.03. The second-order valence-electron chi connectivity index (χ2n) is 4.50. The first-order valence-corrected chi connectivity index (χ1v) is 6.55. The second kappa shape index (κ2) is 6.04. The van der Waals surface area contributed by atoms with Gasteiger partial charge in [0.25, 0.3) is 5.91 Å². The number of H-pyrrole nitrogens is 1. The van der Waals surface area contributed by atoms with Crippen molar-refractivity contribution >= 4 is 11.6 Å². The summed E-state index contributed by atoms with van der Waals surface area (Å²) >= 11 is 0. The zero-order chi connectivity index (χ0) is 15.4. The Morgan fingerprint density at radius 3 is 2.41 bits per heavy atom. The van der Waals surface area contributed by atoms with Crippen LogP contribution in [-0.2, 0) is 0 Å². The Bertz CT molecular complexity index is 752. The highest BCUT2D eigenvalue weighted by molar-refractivity contribution is 6.04. The summed E-state index contributed by atoms with van der Waals surface area (Å²) in [5, 5.41) is 16.5. The third-order valence-corrected chi connectivity index (χ3v) is 3.10. The van der Waals surface area contributed by atoms with Crippen LogP contribution in [0, 0.1) is 0 Å². The Kier molecular flexibility index (Phi) is 3.78. The number of hydrogen-bond donors (Lipinski definition) is 2. The van der Waals surface area contributed by atoms with E-state index in [1.165, 1.54) is 0 Å². The molecule has 0 saturated heterocycles. The molecule has 2 N–H and O–H groups in total. The van der Waals surface area contributed by atoms with Crippen LogP contribution in [0.5, 0.6) is 5.75 Å². The molecular weight excluding hydrogens is 282 g/mol. The summed E-state index contributed by atoms with van der Waals surface area (Å²) < 4.78 is 5.08. The predicted molar refractivity (Wildman–Crippen MR) is 80.6 cm³/mol. The van der Waals surface area contributed by atoms with Crippen molar-refractivity contribution in [2.24, 2.45) is 0 Å². The second-order valence-corrected chi connectivity index (χ2v) is 4.50. The smallest absolute Gasteiger partial charge is 0.255 e. The summed E-state index contributed by atoms with van der Waals surface area (Å²) in [6.45, 7) is 0. The lowest BCUT2D eigenvalue weighted by atomic mass is 10.1. The predicted octanol–water partition coefficient (Wildman–Crippen LogP) is 2.13. The summed E-state index contributed by atoms with van der Waals surface area (Å²) in [6, 6.07) is 14.1. The minimum absolute atomic E-state index is 0.190. The van der Waals surface area contributed by atoms with Gasteiger partial charge in [-0.05, 0) is 41.6 Å². The number of benzene rings is 2. The summed E-state index contributed by atoms with van der Waals surface area (Å²) in [7, 11) is 1.60. The molecule has 7 heteroatoms. The fraction of sp³-hybridized carbons (Fsp3) is 0.0667. The van der Waals surface area contributed by atoms with E-state index in [1.54, 1.807) is 55.6 Å². The SMILES string of the molecule is COc1ccc(NC(=O)c2ccc(-c3nn[nH]n3)cc2)cc1. The fourth-order valence-electron chi connectivity index (χ4n) is 1.93. The van der Waals surface area contributed by atoms with Gasteiger partial charge in [-0.3, -0.25) is 4.79 Å². The van der Waals surface area contributed by atoms with Gasteiger partial charge in [0.1, 0.15) is 5.75 Å². The Labute approximate surface area is 126 Å². The molecule has 7 nitrogen and oxygen atoms in total. The lowest BCUT2D eigenvalue weighted by molar-refractivity contribution is 0.102. The molecule has 1 heterocycles. The van der Waals surface area contributed by atoms with Gasteiger partial charge in [-0.15, -0.1) is 10.2 Å². The van der Waals surface area contributed by atoms with E-state index in [4.69, 9.17) is 4.74 Å². The average molecular weight is 295 g/mol. The monoisotopic (exact) mass is 295 g/mol. The lowest BCUT2D eigenvalue weighted by Gasteiger charge is -2.06. The molecule has 0 unspecified atom stereocenters. The maximum absolute atomic E-state index is 12.2. The van der Waals surface area contributed by atoms with Gasteiger partial charge in [-0.1, -0.05) is 12.1 Å². The third kappa shape index (κ3) is 2.93. The third-order valence-electron chi connectivity index (χ3n) is 3.10. The summed E-state index contributed by atoms with van der Waals surface area (Å²) in [4.78, 5) is 12.2. The molecule has 0 spiro atoms. The van der Waals surface area contributed by atoms with Crippen molar-refractivity contribution < 1.29 is 9.53 Å². The van der Waals surface area contributed by atoms with E-state index < -0.39 is 0 Å². The molecule has 3 aromatic rings. The fourth-order valence-corrected chi connectivity index (χ4v) is 1.93. The number of amides is 1. The molecule has 3 rings (SSSR count). The summed E-state index contributed by atoms with van der Waals surface area (Å²) in [5.74, 6) is 1.04. The van der Waals surface area contributed by atoms with Crippen LogP contribution >= 0.6 is 0 Å². The van der Waals surface area contributed by atoms with Crippen molar-refractivity contribution in [1.29, 1.82) is 0 Å². The zero-order valence-corrected chi connectivity index (χ0v) is 11.8. The van der Waals surface area contributed by atoms with E-state index in [9.17, 15) is 4.79 Å². The molecule has 0 aliphatic heterocycles. The lowest BCUT2D eigenvalue weighted by Crippen LogP contribution is -2.11. The van der Waals surface area contributed by atoms with Gasteiger partial charge in [-0.2, -0.15) is 5.21 Å². The zero-order valence-electron chi connectivity index (χ0n) is 11.8. The van der Waals surface area contributed by atoms with E-state index in [2.05, 4.69) is 25.9 Å². The Hall–Kier alpha value is -3.22. The first-order valence-electron chi connectivity index (χ1n) is 6.55. The molecule has 0 aliphatic rings. The number of ether oxygens (including phenoxy) is 1. The number of rotatable bonds is 4. The minimum Gasteiger partial charge on any atom is -0.497 e. The molecule has 1 aromatic heterocycles. The van der Waals surface area contributed by atoms with Gasteiger partial charge in [0.05, 0.1) is 7.11 Å². The van der Waals surface area contributed by atoms with E-state index in [0.29, 0.717) is 17.1 Å². The maximum Gasteiger partial charge on any atom is 0.255 e. The van der Waals surface area contributed by atoms with E-state index in [1.807, 2.05) is 0 Å². The molecule has 110 valence electrons. The normalized spacial score (nSPS) is 10.2. The van der Waals surface area contributed by atoms with Crippen LogP contribution in [-0.4, -0.2) is 33.6 Å². The largest absolute Gasteiger partial charge is 0.497 e. The number of nitrogens with one attached hydrogen (secondary N) is 2. The topological polar surface area (TPSA) is 92.8 Å². The minimum atomic E-state index is -0.190. The number of carbonyl (C=O) groups is 1. The van der Waals surface area contributed by atoms with Crippen molar-refractivity contribution in [2.75, 3.05) is 12.4 Å². The molecule has 0 bridgehead atoms. The van der Waals surface area contributed by atoms with Crippen LogP contribution in [0.15, 0.2) is 48.5 Å². The highest BCUT2D eigenvalue weighted by Gasteiger charge is 2.08. The van der Waals surface area contributed by atoms with Crippen LogP contribution in [0.4, 0.5) is 5.69 Å².